The highest BCUT2D eigenvalue weighted by atomic mass is 19.1. The molecule has 0 spiro atoms. The molecule has 7 heavy (non-hydrogen) atoms. The van der Waals surface area contributed by atoms with E-state index in [1.165, 1.54) is 13.8 Å². The van der Waals surface area contributed by atoms with Crippen molar-refractivity contribution >= 4 is 0 Å². The van der Waals surface area contributed by atoms with Crippen LogP contribution in [0, 0.1) is 0 Å². The molecule has 0 aliphatic heterocycles. The Bertz CT molecular complexity index is 46.5. The fourth-order valence-corrected chi connectivity index (χ4v) is 0.266. The van der Waals surface area contributed by atoms with Crippen molar-refractivity contribution in [2.45, 2.75) is 25.9 Å². The quantitative estimate of drug-likeness (QED) is 0.559. The number of aliphatic hydroxyl groups is 1. The lowest BCUT2D eigenvalue weighted by Gasteiger charge is -2.09. The van der Waals surface area contributed by atoms with Gasteiger partial charge in [0.25, 0.3) is 0 Å². The molecule has 1 nitrogen and oxygen atoms in total. The van der Waals surface area contributed by atoms with Crippen molar-refractivity contribution in [2.24, 2.45) is 0 Å². The van der Waals surface area contributed by atoms with Gasteiger partial charge in [-0.05, 0) is 13.8 Å². The predicted octanol–water partition coefficient (Wildman–Crippen LogP) is 1.12. The Balaban J connectivity index is 3.15. The van der Waals surface area contributed by atoms with Crippen molar-refractivity contribution in [2.75, 3.05) is 6.61 Å². The monoisotopic (exact) mass is 106 g/mol. The Morgan fingerprint density at radius 1 is 1.57 bits per heavy atom. The summed E-state index contributed by atoms with van der Waals surface area (Å²) in [5.74, 6) is 0. The van der Waals surface area contributed by atoms with Gasteiger partial charge in [0.05, 0.1) is 0 Å². The van der Waals surface area contributed by atoms with Crippen LogP contribution in [0.15, 0.2) is 0 Å². The summed E-state index contributed by atoms with van der Waals surface area (Å²) >= 11 is 0. The summed E-state index contributed by atoms with van der Waals surface area (Å²) in [7, 11) is 0. The van der Waals surface area contributed by atoms with Crippen LogP contribution >= 0.6 is 0 Å². The first-order valence-electron chi connectivity index (χ1n) is 2.36. The number of rotatable bonds is 2. The molecule has 0 aromatic carbocycles. The van der Waals surface area contributed by atoms with E-state index in [1.54, 1.807) is 0 Å². The highest BCUT2D eigenvalue weighted by Crippen LogP contribution is 2.11. The van der Waals surface area contributed by atoms with Crippen molar-refractivity contribution in [3.63, 3.8) is 0 Å². The molecule has 44 valence electrons. The van der Waals surface area contributed by atoms with Crippen molar-refractivity contribution < 1.29 is 9.50 Å². The van der Waals surface area contributed by atoms with Gasteiger partial charge >= 0.3 is 0 Å². The zero-order valence-corrected chi connectivity index (χ0v) is 4.74. The Kier molecular flexibility index (Phi) is 2.23. The van der Waals surface area contributed by atoms with E-state index < -0.39 is 5.67 Å². The minimum Gasteiger partial charge on any atom is -0.396 e. The van der Waals surface area contributed by atoms with E-state index >= 15 is 0 Å². The number of halogens is 1. The Morgan fingerprint density at radius 2 is 2.00 bits per heavy atom. The molecule has 0 amide bonds. The SMILES string of the molecule is CC(C)(F)CCO. The van der Waals surface area contributed by atoms with Gasteiger partial charge in [-0.1, -0.05) is 0 Å². The molecule has 0 bridgehead atoms. The van der Waals surface area contributed by atoms with Crippen LogP contribution in [0.2, 0.25) is 0 Å². The first-order chi connectivity index (χ1) is 3.06. The highest BCUT2D eigenvalue weighted by molar-refractivity contribution is 4.63. The molecule has 0 aromatic rings. The van der Waals surface area contributed by atoms with Crippen LogP contribution in [0.25, 0.3) is 0 Å². The lowest BCUT2D eigenvalue weighted by atomic mass is 10.1. The van der Waals surface area contributed by atoms with Crippen LogP contribution < -0.4 is 0 Å². The van der Waals surface area contributed by atoms with E-state index in [4.69, 9.17) is 5.11 Å². The summed E-state index contributed by atoms with van der Waals surface area (Å²) in [6, 6.07) is 0. The predicted molar refractivity (Wildman–Crippen MR) is 26.9 cm³/mol. The molecule has 0 radical (unpaired) electrons. The van der Waals surface area contributed by atoms with Crippen molar-refractivity contribution in [3.05, 3.63) is 0 Å². The molecule has 0 heterocycles. The number of alkyl halides is 1. The van der Waals surface area contributed by atoms with Crippen molar-refractivity contribution in [3.8, 4) is 0 Å². The molecule has 0 fully saturated rings. The number of hydrogen-bond donors (Lipinski definition) is 1. The fraction of sp³-hybridized carbons (Fsp3) is 1.00. The topological polar surface area (TPSA) is 20.2 Å². The lowest BCUT2D eigenvalue weighted by Crippen LogP contribution is -2.12. The lowest BCUT2D eigenvalue weighted by molar-refractivity contribution is 0.152. The Labute approximate surface area is 43.2 Å². The molecule has 0 saturated heterocycles. The van der Waals surface area contributed by atoms with Gasteiger partial charge in [-0.25, -0.2) is 4.39 Å². The normalized spacial score (nSPS) is 12.0. The Hall–Kier alpha value is -0.110. The summed E-state index contributed by atoms with van der Waals surface area (Å²) in [6.07, 6.45) is 0.229. The molecule has 0 aliphatic carbocycles. The van der Waals surface area contributed by atoms with Gasteiger partial charge in [-0.15, -0.1) is 0 Å². The molecule has 0 rings (SSSR count). The third-order valence-corrected chi connectivity index (χ3v) is 0.706. The first kappa shape index (κ1) is 6.89. The second kappa shape index (κ2) is 2.26. The van der Waals surface area contributed by atoms with Crippen molar-refractivity contribution in [1.82, 2.24) is 0 Å². The molecular weight excluding hydrogens is 95.1 g/mol. The average molecular weight is 106 g/mol. The standard InChI is InChI=1S/C5H11FO/c1-5(2,6)3-4-7/h7H,3-4H2,1-2H3. The van der Waals surface area contributed by atoms with Crippen LogP contribution in [0.4, 0.5) is 4.39 Å². The third kappa shape index (κ3) is 5.89. The zero-order valence-electron chi connectivity index (χ0n) is 4.74. The minimum absolute atomic E-state index is 0.0660. The smallest absolute Gasteiger partial charge is 0.107 e. The molecule has 0 aromatic heterocycles. The fourth-order valence-electron chi connectivity index (χ4n) is 0.266. The number of aliphatic hydroxyl groups excluding tert-OH is 1. The van der Waals surface area contributed by atoms with E-state index in [0.29, 0.717) is 0 Å². The van der Waals surface area contributed by atoms with Crippen LogP contribution in [-0.4, -0.2) is 17.4 Å². The largest absolute Gasteiger partial charge is 0.396 e. The zero-order chi connectivity index (χ0) is 5.91. The van der Waals surface area contributed by atoms with Gasteiger partial charge in [0.2, 0.25) is 0 Å². The maximum Gasteiger partial charge on any atom is 0.107 e. The molecule has 0 unspecified atom stereocenters. The second-order valence-corrected chi connectivity index (χ2v) is 2.19. The van der Waals surface area contributed by atoms with E-state index in [2.05, 4.69) is 0 Å². The van der Waals surface area contributed by atoms with Gasteiger partial charge in [0, 0.05) is 13.0 Å². The second-order valence-electron chi connectivity index (χ2n) is 2.19. The third-order valence-electron chi connectivity index (χ3n) is 0.706. The highest BCUT2D eigenvalue weighted by Gasteiger charge is 2.12. The number of hydrogen-bond acceptors (Lipinski definition) is 1. The molecule has 0 aliphatic rings. The summed E-state index contributed by atoms with van der Waals surface area (Å²) < 4.78 is 12.2. The van der Waals surface area contributed by atoms with Gasteiger partial charge in [-0.2, -0.15) is 0 Å². The van der Waals surface area contributed by atoms with Crippen LogP contribution in [0.1, 0.15) is 20.3 Å². The summed E-state index contributed by atoms with van der Waals surface area (Å²) in [6.45, 7) is 2.83. The van der Waals surface area contributed by atoms with E-state index in [9.17, 15) is 4.39 Å². The van der Waals surface area contributed by atoms with Gasteiger partial charge in [0.15, 0.2) is 0 Å². The van der Waals surface area contributed by atoms with E-state index in [0.717, 1.165) is 0 Å². The Morgan fingerprint density at radius 3 is 2.00 bits per heavy atom. The molecule has 0 saturated carbocycles. The van der Waals surface area contributed by atoms with Crippen LogP contribution in [0.3, 0.4) is 0 Å². The first-order valence-corrected chi connectivity index (χ1v) is 2.36. The summed E-state index contributed by atoms with van der Waals surface area (Å²) in [5.41, 5.74) is -1.20. The van der Waals surface area contributed by atoms with Crippen molar-refractivity contribution in [1.29, 1.82) is 0 Å². The average Bonchev–Trinajstić information content (AvgIpc) is 1.30. The van der Waals surface area contributed by atoms with Gasteiger partial charge in [-0.3, -0.25) is 0 Å². The maximum atomic E-state index is 12.2. The van der Waals surface area contributed by atoms with E-state index in [1.807, 2.05) is 0 Å². The minimum atomic E-state index is -1.20. The molecule has 1 N–H and O–H groups in total. The molecular formula is C5H11FO. The molecule has 0 atom stereocenters. The molecule has 2 heteroatoms. The maximum absolute atomic E-state index is 12.2. The van der Waals surface area contributed by atoms with Gasteiger partial charge < -0.3 is 5.11 Å². The summed E-state index contributed by atoms with van der Waals surface area (Å²) in [5, 5.41) is 8.16. The van der Waals surface area contributed by atoms with Gasteiger partial charge in [0.1, 0.15) is 5.67 Å². The van der Waals surface area contributed by atoms with E-state index in [-0.39, 0.29) is 13.0 Å². The van der Waals surface area contributed by atoms with Crippen LogP contribution in [0.5, 0.6) is 0 Å². The summed E-state index contributed by atoms with van der Waals surface area (Å²) in [4.78, 5) is 0. The van der Waals surface area contributed by atoms with Crippen LogP contribution in [-0.2, 0) is 0 Å².